The number of hydrogen-bond donors (Lipinski definition) is 2. The van der Waals surface area contributed by atoms with Crippen LogP contribution in [-0.2, 0) is 0 Å². The van der Waals surface area contributed by atoms with Gasteiger partial charge in [0, 0.05) is 18.4 Å². The SMILES string of the molecule is O=C(N[C@H]1CC[C@@H](O)C1)c1cccnc1. The Kier molecular flexibility index (Phi) is 2.97. The number of amides is 1. The van der Waals surface area contributed by atoms with Crippen molar-refractivity contribution in [3.63, 3.8) is 0 Å². The van der Waals surface area contributed by atoms with Gasteiger partial charge in [-0.3, -0.25) is 9.78 Å². The predicted octanol–water partition coefficient (Wildman–Crippen LogP) is 0.725. The Labute approximate surface area is 88.3 Å². The number of carbonyl (C=O) groups excluding carboxylic acids is 1. The fraction of sp³-hybridized carbons (Fsp3) is 0.455. The maximum absolute atomic E-state index is 11.7. The molecule has 4 nitrogen and oxygen atoms in total. The lowest BCUT2D eigenvalue weighted by atomic mass is 10.2. The van der Waals surface area contributed by atoms with Crippen LogP contribution in [0.25, 0.3) is 0 Å². The van der Waals surface area contributed by atoms with Gasteiger partial charge < -0.3 is 10.4 Å². The van der Waals surface area contributed by atoms with Crippen molar-refractivity contribution in [3.8, 4) is 0 Å². The normalized spacial score (nSPS) is 25.1. The molecule has 1 heterocycles. The van der Waals surface area contributed by atoms with Crippen molar-refractivity contribution in [3.05, 3.63) is 30.1 Å². The number of aliphatic hydroxyl groups excluding tert-OH is 1. The van der Waals surface area contributed by atoms with E-state index < -0.39 is 0 Å². The molecule has 4 heteroatoms. The molecule has 2 rings (SSSR count). The summed E-state index contributed by atoms with van der Waals surface area (Å²) >= 11 is 0. The van der Waals surface area contributed by atoms with Gasteiger partial charge in [0.1, 0.15) is 0 Å². The molecular weight excluding hydrogens is 192 g/mol. The van der Waals surface area contributed by atoms with Gasteiger partial charge in [0.2, 0.25) is 0 Å². The van der Waals surface area contributed by atoms with Gasteiger partial charge in [0.25, 0.3) is 5.91 Å². The predicted molar refractivity (Wildman–Crippen MR) is 55.3 cm³/mol. The molecule has 0 aromatic carbocycles. The zero-order valence-corrected chi connectivity index (χ0v) is 8.39. The third-order valence-electron chi connectivity index (χ3n) is 2.66. The molecule has 1 aromatic rings. The molecule has 0 bridgehead atoms. The van der Waals surface area contributed by atoms with Crippen molar-refractivity contribution in [2.45, 2.75) is 31.4 Å². The van der Waals surface area contributed by atoms with Crippen LogP contribution >= 0.6 is 0 Å². The molecule has 0 unspecified atom stereocenters. The first kappa shape index (κ1) is 10.1. The number of aromatic nitrogens is 1. The number of pyridine rings is 1. The van der Waals surface area contributed by atoms with Crippen LogP contribution in [0.1, 0.15) is 29.6 Å². The molecule has 0 saturated heterocycles. The molecule has 2 atom stereocenters. The van der Waals surface area contributed by atoms with Crippen LogP contribution in [0.4, 0.5) is 0 Å². The van der Waals surface area contributed by atoms with E-state index in [1.807, 2.05) is 0 Å². The third kappa shape index (κ3) is 2.53. The van der Waals surface area contributed by atoms with Crippen molar-refractivity contribution in [1.29, 1.82) is 0 Å². The summed E-state index contributed by atoms with van der Waals surface area (Å²) in [5, 5.41) is 12.2. The minimum absolute atomic E-state index is 0.104. The molecule has 15 heavy (non-hydrogen) atoms. The highest BCUT2D eigenvalue weighted by Crippen LogP contribution is 2.18. The number of nitrogens with one attached hydrogen (secondary N) is 1. The van der Waals surface area contributed by atoms with E-state index in [4.69, 9.17) is 0 Å². The zero-order chi connectivity index (χ0) is 10.7. The fourth-order valence-electron chi connectivity index (χ4n) is 1.85. The summed E-state index contributed by atoms with van der Waals surface area (Å²) in [6.07, 6.45) is 5.21. The molecule has 1 aliphatic rings. The lowest BCUT2D eigenvalue weighted by molar-refractivity contribution is 0.0933. The minimum atomic E-state index is -0.260. The van der Waals surface area contributed by atoms with E-state index in [1.165, 1.54) is 0 Å². The number of nitrogens with zero attached hydrogens (tertiary/aromatic N) is 1. The Balaban J connectivity index is 1.93. The van der Waals surface area contributed by atoms with Gasteiger partial charge in [-0.15, -0.1) is 0 Å². The van der Waals surface area contributed by atoms with Crippen LogP contribution in [0.3, 0.4) is 0 Å². The van der Waals surface area contributed by atoms with Crippen molar-refractivity contribution in [2.75, 3.05) is 0 Å². The molecule has 1 amide bonds. The van der Waals surface area contributed by atoms with E-state index in [0.29, 0.717) is 12.0 Å². The van der Waals surface area contributed by atoms with E-state index in [2.05, 4.69) is 10.3 Å². The van der Waals surface area contributed by atoms with Gasteiger partial charge >= 0.3 is 0 Å². The fourth-order valence-corrected chi connectivity index (χ4v) is 1.85. The summed E-state index contributed by atoms with van der Waals surface area (Å²) < 4.78 is 0. The standard InChI is InChI=1S/C11H14N2O2/c14-10-4-3-9(6-10)13-11(15)8-2-1-5-12-7-8/h1-2,5,7,9-10,14H,3-4,6H2,(H,13,15)/t9-,10+/m0/s1. The molecule has 1 fully saturated rings. The summed E-state index contributed by atoms with van der Waals surface area (Å²) in [5.74, 6) is -0.109. The molecule has 0 spiro atoms. The Bertz CT molecular complexity index is 340. The van der Waals surface area contributed by atoms with Crippen LogP contribution < -0.4 is 5.32 Å². The highest BCUT2D eigenvalue weighted by atomic mass is 16.3. The smallest absolute Gasteiger partial charge is 0.253 e. The number of aliphatic hydroxyl groups is 1. The largest absolute Gasteiger partial charge is 0.393 e. The second kappa shape index (κ2) is 4.40. The lowest BCUT2D eigenvalue weighted by Gasteiger charge is -2.11. The van der Waals surface area contributed by atoms with Crippen molar-refractivity contribution >= 4 is 5.91 Å². The Morgan fingerprint density at radius 3 is 3.00 bits per heavy atom. The van der Waals surface area contributed by atoms with Crippen molar-refractivity contribution in [2.24, 2.45) is 0 Å². The summed E-state index contributed by atoms with van der Waals surface area (Å²) in [5.41, 5.74) is 0.568. The van der Waals surface area contributed by atoms with Gasteiger partial charge in [-0.25, -0.2) is 0 Å². The first-order valence-electron chi connectivity index (χ1n) is 5.14. The molecule has 0 radical (unpaired) electrons. The minimum Gasteiger partial charge on any atom is -0.393 e. The third-order valence-corrected chi connectivity index (χ3v) is 2.66. The maximum Gasteiger partial charge on any atom is 0.253 e. The van der Waals surface area contributed by atoms with Crippen LogP contribution in [0.5, 0.6) is 0 Å². The van der Waals surface area contributed by atoms with Crippen molar-refractivity contribution in [1.82, 2.24) is 10.3 Å². The molecule has 2 N–H and O–H groups in total. The summed E-state index contributed by atoms with van der Waals surface area (Å²) in [4.78, 5) is 15.6. The Morgan fingerprint density at radius 2 is 2.40 bits per heavy atom. The van der Waals surface area contributed by atoms with E-state index >= 15 is 0 Å². The van der Waals surface area contributed by atoms with E-state index in [9.17, 15) is 9.90 Å². The molecular formula is C11H14N2O2. The van der Waals surface area contributed by atoms with Crippen molar-refractivity contribution < 1.29 is 9.90 Å². The summed E-state index contributed by atoms with van der Waals surface area (Å²) in [6, 6.07) is 3.57. The molecule has 0 aliphatic heterocycles. The van der Waals surface area contributed by atoms with Crippen LogP contribution in [0.15, 0.2) is 24.5 Å². The van der Waals surface area contributed by atoms with Gasteiger partial charge in [0.15, 0.2) is 0 Å². The van der Waals surface area contributed by atoms with E-state index in [0.717, 1.165) is 12.8 Å². The van der Waals surface area contributed by atoms with Gasteiger partial charge in [0.05, 0.1) is 11.7 Å². The van der Waals surface area contributed by atoms with Crippen LogP contribution in [-0.4, -0.2) is 28.1 Å². The monoisotopic (exact) mass is 206 g/mol. The quantitative estimate of drug-likeness (QED) is 0.749. The highest BCUT2D eigenvalue weighted by Gasteiger charge is 2.24. The molecule has 80 valence electrons. The highest BCUT2D eigenvalue weighted by molar-refractivity contribution is 5.94. The molecule has 1 aromatic heterocycles. The lowest BCUT2D eigenvalue weighted by Crippen LogP contribution is -2.33. The molecule has 1 aliphatic carbocycles. The second-order valence-electron chi connectivity index (χ2n) is 3.88. The Hall–Kier alpha value is -1.42. The number of carbonyl (C=O) groups is 1. The van der Waals surface area contributed by atoms with Gasteiger partial charge in [-0.2, -0.15) is 0 Å². The average Bonchev–Trinajstić information content (AvgIpc) is 2.65. The van der Waals surface area contributed by atoms with Crippen LogP contribution in [0.2, 0.25) is 0 Å². The zero-order valence-electron chi connectivity index (χ0n) is 8.39. The first-order valence-corrected chi connectivity index (χ1v) is 5.14. The summed E-state index contributed by atoms with van der Waals surface area (Å²) in [6.45, 7) is 0. The Morgan fingerprint density at radius 1 is 1.53 bits per heavy atom. The van der Waals surface area contributed by atoms with E-state index in [1.54, 1.807) is 24.5 Å². The first-order chi connectivity index (χ1) is 7.25. The van der Waals surface area contributed by atoms with Gasteiger partial charge in [-0.1, -0.05) is 0 Å². The average molecular weight is 206 g/mol. The topological polar surface area (TPSA) is 62.2 Å². The van der Waals surface area contributed by atoms with Gasteiger partial charge in [-0.05, 0) is 31.4 Å². The number of rotatable bonds is 2. The summed E-state index contributed by atoms with van der Waals surface area (Å²) in [7, 11) is 0. The van der Waals surface area contributed by atoms with Crippen LogP contribution in [0, 0.1) is 0 Å². The molecule has 1 saturated carbocycles. The van der Waals surface area contributed by atoms with E-state index in [-0.39, 0.29) is 18.1 Å². The maximum atomic E-state index is 11.7. The number of hydrogen-bond acceptors (Lipinski definition) is 3. The second-order valence-corrected chi connectivity index (χ2v) is 3.88.